The Bertz CT molecular complexity index is 366. The molecule has 5 atom stereocenters. The van der Waals surface area contributed by atoms with E-state index in [4.69, 9.17) is 104 Å². The number of halogens is 9. The maximum atomic E-state index is 6.46. The second-order valence-corrected chi connectivity index (χ2v) is 9.50. The summed E-state index contributed by atoms with van der Waals surface area (Å²) in [5, 5.41) is -1.99. The van der Waals surface area contributed by atoms with Crippen molar-refractivity contribution in [3.63, 3.8) is 0 Å². The molecule has 0 aromatic heterocycles. The quantitative estimate of drug-likeness (QED) is 0.473. The Morgan fingerprint density at radius 2 is 1.42 bits per heavy atom. The van der Waals surface area contributed by atoms with Gasteiger partial charge in [0.25, 0.3) is 0 Å². The average Bonchev–Trinajstić information content (AvgIpc) is 2.64. The van der Waals surface area contributed by atoms with Gasteiger partial charge >= 0.3 is 0 Å². The highest BCUT2D eigenvalue weighted by molar-refractivity contribution is 6.55. The Morgan fingerprint density at radius 3 is 1.74 bits per heavy atom. The largest absolute Gasteiger partial charge is 0.140 e. The van der Waals surface area contributed by atoms with Crippen molar-refractivity contribution >= 4 is 104 Å². The van der Waals surface area contributed by atoms with Gasteiger partial charge in [-0.05, 0) is 0 Å². The molecule has 0 aliphatic heterocycles. The normalized spacial score (nSPS) is 47.1. The van der Waals surface area contributed by atoms with Crippen LogP contribution in [0.4, 0.5) is 0 Å². The molecule has 2 rings (SSSR count). The fraction of sp³-hybridized carbons (Fsp3) is 1.00. The van der Waals surface area contributed by atoms with E-state index < -0.39 is 42.0 Å². The van der Waals surface area contributed by atoms with Crippen LogP contribution in [0, 0.1) is 16.7 Å². The summed E-state index contributed by atoms with van der Waals surface area (Å²) in [6.07, 6.45) is 0. The van der Waals surface area contributed by atoms with Gasteiger partial charge in [0.15, 0.2) is 0 Å². The smallest absolute Gasteiger partial charge is 0.126 e. The Kier molecular flexibility index (Phi) is 5.30. The molecule has 0 aromatic rings. The summed E-state index contributed by atoms with van der Waals surface area (Å²) in [5.74, 6) is -0.257. The van der Waals surface area contributed by atoms with Gasteiger partial charge in [0, 0.05) is 28.5 Å². The lowest BCUT2D eigenvalue weighted by atomic mass is 9.70. The topological polar surface area (TPSA) is 0 Å². The molecule has 0 radical (unpaired) electrons. The predicted octanol–water partition coefficient (Wildman–Crippen LogP) is 5.88. The second kappa shape index (κ2) is 5.60. The minimum absolute atomic E-state index is 0.119. The van der Waals surface area contributed by atoms with Gasteiger partial charge in [0.2, 0.25) is 0 Å². The SMILES string of the molecule is ClCC1(CCl)[C@@H]2[C@H](Cl)[C@H](Cl)[C@@]1(C(Cl)Cl)[C@@H](Cl)C2(Cl)Cl. The third-order valence-corrected chi connectivity index (χ3v) is 9.30. The highest BCUT2D eigenvalue weighted by Gasteiger charge is 2.84. The van der Waals surface area contributed by atoms with Crippen molar-refractivity contribution in [1.82, 2.24) is 0 Å². The van der Waals surface area contributed by atoms with Crippen LogP contribution in [0.25, 0.3) is 0 Å². The number of fused-ring (bicyclic) bond motifs is 2. The molecule has 9 heteroatoms. The molecule has 0 N–H and O–H groups in total. The van der Waals surface area contributed by atoms with Crippen molar-refractivity contribution in [3.05, 3.63) is 0 Å². The van der Waals surface area contributed by atoms with Crippen molar-refractivity contribution in [2.24, 2.45) is 16.7 Å². The fourth-order valence-electron chi connectivity index (χ4n) is 3.61. The van der Waals surface area contributed by atoms with Gasteiger partial charge in [-0.1, -0.05) is 23.2 Å². The molecule has 0 amide bonds. The summed E-state index contributed by atoms with van der Waals surface area (Å²) >= 11 is 56.8. The Morgan fingerprint density at radius 1 is 0.947 bits per heavy atom. The van der Waals surface area contributed by atoms with Crippen LogP contribution in [-0.2, 0) is 0 Å². The molecule has 0 unspecified atom stereocenters. The molecule has 19 heavy (non-hydrogen) atoms. The van der Waals surface area contributed by atoms with Crippen LogP contribution >= 0.6 is 104 Å². The molecule has 0 nitrogen and oxygen atoms in total. The molecule has 0 aromatic carbocycles. The zero-order chi connectivity index (χ0) is 14.8. The molecule has 2 fully saturated rings. The Labute approximate surface area is 157 Å². The van der Waals surface area contributed by atoms with Crippen LogP contribution in [-0.4, -0.2) is 37.1 Å². The zero-order valence-electron chi connectivity index (χ0n) is 9.20. The molecule has 2 saturated carbocycles. The van der Waals surface area contributed by atoms with Crippen LogP contribution < -0.4 is 0 Å². The minimum atomic E-state index is -1.34. The van der Waals surface area contributed by atoms with Crippen LogP contribution in [0.5, 0.6) is 0 Å². The third kappa shape index (κ3) is 1.88. The number of alkyl halides is 9. The third-order valence-electron chi connectivity index (χ3n) is 4.52. The van der Waals surface area contributed by atoms with E-state index in [-0.39, 0.29) is 11.8 Å². The summed E-state index contributed by atoms with van der Waals surface area (Å²) < 4.78 is -1.34. The first-order chi connectivity index (χ1) is 8.66. The highest BCUT2D eigenvalue weighted by Crippen LogP contribution is 2.78. The van der Waals surface area contributed by atoms with Crippen LogP contribution in [0.3, 0.4) is 0 Å². The minimum Gasteiger partial charge on any atom is -0.126 e. The van der Waals surface area contributed by atoms with Crippen LogP contribution in [0.1, 0.15) is 0 Å². The maximum Gasteiger partial charge on any atom is 0.140 e. The maximum absolute atomic E-state index is 6.46. The second-order valence-electron chi connectivity index (χ2n) is 5.02. The van der Waals surface area contributed by atoms with Gasteiger partial charge in [-0.15, -0.1) is 81.2 Å². The number of rotatable bonds is 3. The van der Waals surface area contributed by atoms with Crippen LogP contribution in [0.2, 0.25) is 0 Å². The van der Waals surface area contributed by atoms with E-state index in [1.54, 1.807) is 0 Å². The van der Waals surface area contributed by atoms with Gasteiger partial charge in [-0.2, -0.15) is 0 Å². The fourth-order valence-corrected chi connectivity index (χ4v) is 9.03. The molecule has 0 spiro atoms. The van der Waals surface area contributed by atoms with E-state index in [0.29, 0.717) is 0 Å². The van der Waals surface area contributed by atoms with Gasteiger partial charge in [0.05, 0.1) is 16.1 Å². The van der Waals surface area contributed by atoms with Crippen molar-refractivity contribution in [2.75, 3.05) is 11.8 Å². The van der Waals surface area contributed by atoms with E-state index in [0.717, 1.165) is 0 Å². The van der Waals surface area contributed by atoms with Crippen molar-refractivity contribution in [1.29, 1.82) is 0 Å². The lowest BCUT2D eigenvalue weighted by Gasteiger charge is -2.46. The monoisotopic (exact) mass is 444 g/mol. The summed E-state index contributed by atoms with van der Waals surface area (Å²) in [7, 11) is 0. The number of hydrogen-bond acceptors (Lipinski definition) is 0. The molecule has 2 aliphatic rings. The molecular weight excluding hydrogens is 439 g/mol. The standard InChI is InChI=1S/C10H9Cl9/c11-1-8(2-12)4-3(13)5(14)9(8,7(16)17)6(15)10(4,18)19/h3-7H,1-2H2/t3-,4-,5-,6+,9-/m0/s1. The van der Waals surface area contributed by atoms with Crippen molar-refractivity contribution in [2.45, 2.75) is 25.3 Å². The van der Waals surface area contributed by atoms with E-state index in [2.05, 4.69) is 0 Å². The van der Waals surface area contributed by atoms with Gasteiger partial charge < -0.3 is 0 Å². The van der Waals surface area contributed by atoms with Crippen LogP contribution in [0.15, 0.2) is 0 Å². The van der Waals surface area contributed by atoms with E-state index in [1.165, 1.54) is 0 Å². The summed E-state index contributed by atoms with van der Waals surface area (Å²) in [6.45, 7) is 0. The molecule has 2 aliphatic carbocycles. The highest BCUT2D eigenvalue weighted by atomic mass is 35.5. The zero-order valence-corrected chi connectivity index (χ0v) is 16.0. The number of hydrogen-bond donors (Lipinski definition) is 0. The first-order valence-electron chi connectivity index (χ1n) is 5.36. The van der Waals surface area contributed by atoms with Crippen molar-refractivity contribution < 1.29 is 0 Å². The summed E-state index contributed by atoms with van der Waals surface area (Å²) in [6, 6.07) is 0. The average molecular weight is 448 g/mol. The van der Waals surface area contributed by atoms with Gasteiger partial charge in [-0.3, -0.25) is 0 Å². The Balaban J connectivity index is 2.74. The van der Waals surface area contributed by atoms with Gasteiger partial charge in [-0.25, -0.2) is 0 Å². The predicted molar refractivity (Wildman–Crippen MR) is 88.7 cm³/mol. The lowest BCUT2D eigenvalue weighted by Crippen LogP contribution is -2.55. The van der Waals surface area contributed by atoms with E-state index in [9.17, 15) is 0 Å². The Hall–Kier alpha value is 2.61. The first-order valence-corrected chi connectivity index (χ1v) is 9.37. The van der Waals surface area contributed by atoms with E-state index in [1.807, 2.05) is 0 Å². The summed E-state index contributed by atoms with van der Waals surface area (Å²) in [4.78, 5) is -0.944. The molecule has 112 valence electrons. The molecule has 2 bridgehead atoms. The lowest BCUT2D eigenvalue weighted by molar-refractivity contribution is 0.159. The first kappa shape index (κ1) is 18.0. The van der Waals surface area contributed by atoms with E-state index >= 15 is 0 Å². The molecular formula is C10H9Cl9. The van der Waals surface area contributed by atoms with Gasteiger partial charge in [0.1, 0.15) is 9.17 Å². The molecule has 0 heterocycles. The van der Waals surface area contributed by atoms with Crippen molar-refractivity contribution in [3.8, 4) is 0 Å². The summed E-state index contributed by atoms with van der Waals surface area (Å²) in [5.41, 5.74) is -1.87. The molecule has 0 saturated heterocycles.